The van der Waals surface area contributed by atoms with Gasteiger partial charge >= 0.3 is 0 Å². The van der Waals surface area contributed by atoms with Gasteiger partial charge in [0.15, 0.2) is 5.82 Å². The first-order chi connectivity index (χ1) is 7.65. The normalized spacial score (nSPS) is 12.4. The van der Waals surface area contributed by atoms with Crippen molar-refractivity contribution in [2.24, 2.45) is 0 Å². The molecule has 90 valence electrons. The molecule has 1 unspecified atom stereocenters. The van der Waals surface area contributed by atoms with E-state index in [0.717, 1.165) is 6.42 Å². The van der Waals surface area contributed by atoms with Crippen LogP contribution in [0.25, 0.3) is 0 Å². The Morgan fingerprint density at radius 2 is 2.31 bits per heavy atom. The Hall–Kier alpha value is -1.17. The first kappa shape index (κ1) is 12.9. The van der Waals surface area contributed by atoms with Crippen molar-refractivity contribution in [3.63, 3.8) is 0 Å². The van der Waals surface area contributed by atoms with Gasteiger partial charge in [0.05, 0.1) is 0 Å². The maximum Gasteiger partial charge on any atom is 0.293 e. The standard InChI is InChI=1S/C10H17N3O2S/c1-3-6-13-7-4-11-9(10(13)14)12-5-8-16(2)15/h4,7H,3,5-6,8H2,1-2H3,(H,11,12). The number of hydrogen-bond acceptors (Lipinski definition) is 4. The van der Waals surface area contributed by atoms with Crippen LogP contribution in [0.5, 0.6) is 0 Å². The average molecular weight is 243 g/mol. The maximum absolute atomic E-state index is 11.8. The highest BCUT2D eigenvalue weighted by Gasteiger charge is 2.03. The van der Waals surface area contributed by atoms with Crippen LogP contribution in [0.1, 0.15) is 13.3 Å². The molecule has 0 aliphatic rings. The minimum absolute atomic E-state index is 0.119. The van der Waals surface area contributed by atoms with E-state index in [-0.39, 0.29) is 5.56 Å². The molecule has 0 fully saturated rings. The Bertz CT molecular complexity index is 417. The molecule has 0 saturated heterocycles. The summed E-state index contributed by atoms with van der Waals surface area (Å²) in [4.78, 5) is 15.8. The molecule has 0 aromatic carbocycles. The highest BCUT2D eigenvalue weighted by atomic mass is 32.2. The van der Waals surface area contributed by atoms with Crippen molar-refractivity contribution in [1.29, 1.82) is 0 Å². The molecule has 1 aromatic heterocycles. The summed E-state index contributed by atoms with van der Waals surface area (Å²) in [7, 11) is -0.854. The second kappa shape index (κ2) is 6.42. The van der Waals surface area contributed by atoms with Gasteiger partial charge in [0.1, 0.15) is 0 Å². The Morgan fingerprint density at radius 1 is 1.56 bits per heavy atom. The van der Waals surface area contributed by atoms with E-state index in [9.17, 15) is 9.00 Å². The van der Waals surface area contributed by atoms with Gasteiger partial charge in [0.25, 0.3) is 5.56 Å². The summed E-state index contributed by atoms with van der Waals surface area (Å²) < 4.78 is 12.5. The molecule has 6 heteroatoms. The number of anilines is 1. The zero-order chi connectivity index (χ0) is 12.0. The SMILES string of the molecule is CCCn1ccnc(NCCS(C)=O)c1=O. The summed E-state index contributed by atoms with van der Waals surface area (Å²) in [5.41, 5.74) is -0.119. The molecule has 1 atom stereocenters. The van der Waals surface area contributed by atoms with Crippen LogP contribution >= 0.6 is 0 Å². The van der Waals surface area contributed by atoms with Crippen molar-refractivity contribution in [1.82, 2.24) is 9.55 Å². The molecular formula is C10H17N3O2S. The number of aromatic nitrogens is 2. The summed E-state index contributed by atoms with van der Waals surface area (Å²) in [6.07, 6.45) is 5.81. The first-order valence-electron chi connectivity index (χ1n) is 5.24. The lowest BCUT2D eigenvalue weighted by Crippen LogP contribution is -2.25. The van der Waals surface area contributed by atoms with Crippen LogP contribution in [0.15, 0.2) is 17.2 Å². The molecule has 1 aromatic rings. The predicted octanol–water partition coefficient (Wildman–Crippen LogP) is 0.444. The van der Waals surface area contributed by atoms with E-state index in [1.54, 1.807) is 23.2 Å². The van der Waals surface area contributed by atoms with Crippen LogP contribution in [0.4, 0.5) is 5.82 Å². The molecule has 0 aliphatic carbocycles. The maximum atomic E-state index is 11.8. The molecule has 0 radical (unpaired) electrons. The van der Waals surface area contributed by atoms with Crippen molar-refractivity contribution in [2.45, 2.75) is 19.9 Å². The van der Waals surface area contributed by atoms with Gasteiger partial charge in [-0.1, -0.05) is 6.92 Å². The van der Waals surface area contributed by atoms with Crippen LogP contribution < -0.4 is 10.9 Å². The highest BCUT2D eigenvalue weighted by molar-refractivity contribution is 7.84. The van der Waals surface area contributed by atoms with E-state index in [2.05, 4.69) is 10.3 Å². The fourth-order valence-electron chi connectivity index (χ4n) is 1.30. The van der Waals surface area contributed by atoms with Crippen molar-refractivity contribution < 1.29 is 4.21 Å². The molecule has 5 nitrogen and oxygen atoms in total. The fourth-order valence-corrected chi connectivity index (χ4v) is 1.69. The van der Waals surface area contributed by atoms with Gasteiger partial charge in [-0.15, -0.1) is 0 Å². The molecule has 1 rings (SSSR count). The van der Waals surface area contributed by atoms with E-state index >= 15 is 0 Å². The first-order valence-corrected chi connectivity index (χ1v) is 6.97. The Labute approximate surface area is 97.4 Å². The van der Waals surface area contributed by atoms with Gasteiger partial charge in [-0.25, -0.2) is 4.98 Å². The third kappa shape index (κ3) is 3.77. The van der Waals surface area contributed by atoms with Crippen molar-refractivity contribution in [3.8, 4) is 0 Å². The van der Waals surface area contributed by atoms with E-state index < -0.39 is 10.8 Å². The van der Waals surface area contributed by atoms with E-state index in [4.69, 9.17) is 0 Å². The van der Waals surface area contributed by atoms with Crippen molar-refractivity contribution in [3.05, 3.63) is 22.7 Å². The molecule has 0 spiro atoms. The zero-order valence-electron chi connectivity index (χ0n) is 9.60. The van der Waals surface area contributed by atoms with Crippen LogP contribution in [-0.4, -0.2) is 32.3 Å². The minimum atomic E-state index is -0.854. The number of nitrogens with one attached hydrogen (secondary N) is 1. The molecule has 0 aliphatic heterocycles. The van der Waals surface area contributed by atoms with E-state index in [1.165, 1.54) is 0 Å². The smallest absolute Gasteiger partial charge is 0.293 e. The van der Waals surface area contributed by atoms with Gasteiger partial charge in [0, 0.05) is 48.3 Å². The topological polar surface area (TPSA) is 64.0 Å². The van der Waals surface area contributed by atoms with E-state index in [1.807, 2.05) is 6.92 Å². The second-order valence-corrected chi connectivity index (χ2v) is 5.03. The lowest BCUT2D eigenvalue weighted by atomic mass is 10.4. The predicted molar refractivity (Wildman–Crippen MR) is 66.2 cm³/mol. The molecule has 0 amide bonds. The van der Waals surface area contributed by atoms with Gasteiger partial charge in [-0.2, -0.15) is 0 Å². The summed E-state index contributed by atoms with van der Waals surface area (Å²) >= 11 is 0. The van der Waals surface area contributed by atoms with Gasteiger partial charge in [0.2, 0.25) is 0 Å². The van der Waals surface area contributed by atoms with Crippen molar-refractivity contribution in [2.75, 3.05) is 23.9 Å². The third-order valence-corrected chi connectivity index (χ3v) is 2.84. The third-order valence-electron chi connectivity index (χ3n) is 2.06. The van der Waals surface area contributed by atoms with Crippen LogP contribution in [-0.2, 0) is 17.3 Å². The Balaban J connectivity index is 2.69. The molecule has 0 saturated carbocycles. The number of aryl methyl sites for hydroxylation is 1. The van der Waals surface area contributed by atoms with Gasteiger partial charge in [-0.05, 0) is 6.42 Å². The lowest BCUT2D eigenvalue weighted by Gasteiger charge is -2.07. The summed E-state index contributed by atoms with van der Waals surface area (Å²) in [6, 6.07) is 0. The highest BCUT2D eigenvalue weighted by Crippen LogP contribution is 1.93. The molecular weight excluding hydrogens is 226 g/mol. The lowest BCUT2D eigenvalue weighted by molar-refractivity contribution is 0.649. The monoisotopic (exact) mass is 243 g/mol. The van der Waals surface area contributed by atoms with E-state index in [0.29, 0.717) is 24.7 Å². The second-order valence-electron chi connectivity index (χ2n) is 3.48. The Kier molecular flexibility index (Phi) is 5.18. The number of nitrogens with zero attached hydrogens (tertiary/aromatic N) is 2. The van der Waals surface area contributed by atoms with Gasteiger partial charge in [-0.3, -0.25) is 9.00 Å². The van der Waals surface area contributed by atoms with Crippen molar-refractivity contribution >= 4 is 16.6 Å². The molecule has 16 heavy (non-hydrogen) atoms. The Morgan fingerprint density at radius 3 is 2.94 bits per heavy atom. The van der Waals surface area contributed by atoms with Gasteiger partial charge < -0.3 is 9.88 Å². The number of hydrogen-bond donors (Lipinski definition) is 1. The van der Waals surface area contributed by atoms with Crippen LogP contribution in [0.2, 0.25) is 0 Å². The van der Waals surface area contributed by atoms with Crippen LogP contribution in [0, 0.1) is 0 Å². The summed E-state index contributed by atoms with van der Waals surface area (Å²) in [6.45, 7) is 3.21. The summed E-state index contributed by atoms with van der Waals surface area (Å²) in [5, 5.41) is 2.91. The quantitative estimate of drug-likeness (QED) is 0.787. The fraction of sp³-hybridized carbons (Fsp3) is 0.600. The largest absolute Gasteiger partial charge is 0.365 e. The molecule has 1 N–H and O–H groups in total. The average Bonchev–Trinajstić information content (AvgIpc) is 2.23. The molecule has 1 heterocycles. The minimum Gasteiger partial charge on any atom is -0.365 e. The summed E-state index contributed by atoms with van der Waals surface area (Å²) in [5.74, 6) is 0.852. The number of rotatable bonds is 6. The zero-order valence-corrected chi connectivity index (χ0v) is 10.4. The van der Waals surface area contributed by atoms with Crippen LogP contribution in [0.3, 0.4) is 0 Å². The molecule has 0 bridgehead atoms.